The summed E-state index contributed by atoms with van der Waals surface area (Å²) in [7, 11) is 0. The van der Waals surface area contributed by atoms with Gasteiger partial charge in [0, 0.05) is 6.61 Å². The van der Waals surface area contributed by atoms with Crippen LogP contribution in [-0.2, 0) is 10.2 Å². The summed E-state index contributed by atoms with van der Waals surface area (Å²) in [6.07, 6.45) is 10.9. The molecule has 0 aromatic heterocycles. The Morgan fingerprint density at radius 2 is 1.87 bits per heavy atom. The average Bonchev–Trinajstić information content (AvgIpc) is 2.71. The normalized spacial score (nSPS) is 22.2. The zero-order chi connectivity index (χ0) is 22.1. The maximum Gasteiger partial charge on any atom is 0.306 e. The fourth-order valence-electron chi connectivity index (χ4n) is 5.12. The Bertz CT molecular complexity index is 667. The number of aliphatic hydroxyl groups is 1. The molecule has 0 radical (unpaired) electrons. The molecule has 0 saturated heterocycles. The molecule has 1 aromatic rings. The Morgan fingerprint density at radius 3 is 2.50 bits per heavy atom. The molecule has 3 N–H and O–H groups in total. The molecule has 0 amide bonds. The third kappa shape index (κ3) is 6.73. The van der Waals surface area contributed by atoms with Crippen molar-refractivity contribution in [1.29, 1.82) is 0 Å². The lowest BCUT2D eigenvalue weighted by atomic mass is 9.68. The Morgan fingerprint density at radius 1 is 1.10 bits per heavy atom. The van der Waals surface area contributed by atoms with Crippen LogP contribution < -0.4 is 0 Å². The van der Waals surface area contributed by atoms with Crippen LogP contribution in [0.2, 0.25) is 0 Å². The van der Waals surface area contributed by atoms with Gasteiger partial charge in [0.2, 0.25) is 0 Å². The minimum atomic E-state index is -0.724. The van der Waals surface area contributed by atoms with Crippen molar-refractivity contribution in [2.24, 2.45) is 11.8 Å². The number of carbonyl (C=O) groups is 1. The molecule has 1 aliphatic carbocycles. The molecule has 0 bridgehead atoms. The summed E-state index contributed by atoms with van der Waals surface area (Å²) >= 11 is 0. The van der Waals surface area contributed by atoms with Crippen LogP contribution in [-0.4, -0.2) is 27.9 Å². The van der Waals surface area contributed by atoms with Crippen LogP contribution in [0.3, 0.4) is 0 Å². The van der Waals surface area contributed by atoms with Gasteiger partial charge in [0.15, 0.2) is 0 Å². The third-order valence-electron chi connectivity index (χ3n) is 7.19. The molecular weight excluding hydrogens is 376 g/mol. The van der Waals surface area contributed by atoms with Crippen molar-refractivity contribution in [2.75, 3.05) is 6.61 Å². The predicted octanol–water partition coefficient (Wildman–Crippen LogP) is 6.39. The lowest BCUT2D eigenvalue weighted by Gasteiger charge is -2.36. The van der Waals surface area contributed by atoms with Crippen molar-refractivity contribution in [1.82, 2.24) is 0 Å². The number of aliphatic carboxylic acids is 1. The second kappa shape index (κ2) is 11.7. The van der Waals surface area contributed by atoms with E-state index in [1.807, 2.05) is 12.1 Å². The van der Waals surface area contributed by atoms with Crippen LogP contribution in [0.4, 0.5) is 0 Å². The summed E-state index contributed by atoms with van der Waals surface area (Å²) in [5.41, 5.74) is 2.07. The predicted molar refractivity (Wildman–Crippen MR) is 122 cm³/mol. The van der Waals surface area contributed by atoms with Gasteiger partial charge in [-0.25, -0.2) is 0 Å². The van der Waals surface area contributed by atoms with Crippen molar-refractivity contribution in [3.8, 4) is 5.75 Å². The molecule has 1 aliphatic rings. The Hall–Kier alpha value is -1.55. The minimum absolute atomic E-state index is 0.0143. The minimum Gasteiger partial charge on any atom is -0.508 e. The smallest absolute Gasteiger partial charge is 0.306 e. The van der Waals surface area contributed by atoms with Crippen LogP contribution in [0.5, 0.6) is 5.75 Å². The summed E-state index contributed by atoms with van der Waals surface area (Å²) in [6, 6.07) is 6.11. The first kappa shape index (κ1) is 24.7. The summed E-state index contributed by atoms with van der Waals surface area (Å²) < 4.78 is 0. The largest absolute Gasteiger partial charge is 0.508 e. The third-order valence-corrected chi connectivity index (χ3v) is 7.19. The van der Waals surface area contributed by atoms with Gasteiger partial charge >= 0.3 is 5.97 Å². The number of rotatable bonds is 12. The fraction of sp³-hybridized carbons (Fsp3) is 0.731. The summed E-state index contributed by atoms with van der Waals surface area (Å²) in [5, 5.41) is 29.6. The Labute approximate surface area is 182 Å². The quantitative estimate of drug-likeness (QED) is 0.344. The number of aliphatic hydroxyl groups excluding tert-OH is 1. The second-order valence-electron chi connectivity index (χ2n) is 9.90. The van der Waals surface area contributed by atoms with Crippen LogP contribution in [0.25, 0.3) is 0 Å². The van der Waals surface area contributed by atoms with Crippen LogP contribution in [0, 0.1) is 11.8 Å². The first-order chi connectivity index (χ1) is 14.3. The second-order valence-corrected chi connectivity index (χ2v) is 9.90. The van der Waals surface area contributed by atoms with Gasteiger partial charge in [-0.15, -0.1) is 0 Å². The van der Waals surface area contributed by atoms with E-state index in [1.165, 1.54) is 25.7 Å². The number of unbranched alkanes of at least 4 members (excludes halogenated alkanes) is 4. The van der Waals surface area contributed by atoms with E-state index in [1.54, 1.807) is 0 Å². The molecule has 30 heavy (non-hydrogen) atoms. The van der Waals surface area contributed by atoms with E-state index in [2.05, 4.69) is 26.8 Å². The number of hydrogen-bond donors (Lipinski definition) is 3. The fourth-order valence-corrected chi connectivity index (χ4v) is 5.12. The van der Waals surface area contributed by atoms with Gasteiger partial charge in [-0.3, -0.25) is 4.79 Å². The molecule has 0 aliphatic heterocycles. The number of phenolic OH excluding ortho intramolecular Hbond substituents is 1. The summed E-state index contributed by atoms with van der Waals surface area (Å²) in [4.78, 5) is 11.6. The van der Waals surface area contributed by atoms with Crippen LogP contribution >= 0.6 is 0 Å². The molecule has 1 aromatic carbocycles. The van der Waals surface area contributed by atoms with Crippen LogP contribution in [0.1, 0.15) is 108 Å². The number of aromatic hydroxyl groups is 1. The van der Waals surface area contributed by atoms with Crippen LogP contribution in [0.15, 0.2) is 18.2 Å². The van der Waals surface area contributed by atoms with Gasteiger partial charge in [0.25, 0.3) is 0 Å². The van der Waals surface area contributed by atoms with Gasteiger partial charge in [-0.2, -0.15) is 0 Å². The van der Waals surface area contributed by atoms with Crippen molar-refractivity contribution in [2.45, 2.75) is 103 Å². The van der Waals surface area contributed by atoms with Crippen molar-refractivity contribution < 1.29 is 20.1 Å². The van der Waals surface area contributed by atoms with E-state index in [9.17, 15) is 15.0 Å². The zero-order valence-corrected chi connectivity index (χ0v) is 19.2. The zero-order valence-electron chi connectivity index (χ0n) is 19.2. The molecule has 170 valence electrons. The van der Waals surface area contributed by atoms with Crippen molar-refractivity contribution in [3.05, 3.63) is 29.3 Å². The van der Waals surface area contributed by atoms with E-state index in [-0.39, 0.29) is 23.9 Å². The standard InChI is InChI=1S/C26H42O4/c1-4-5-6-8-15-26(2,3)21-13-14-22(24(28)18-21)23-17-20(25(29)30)12-11-19(23)10-7-9-16-27/h13-14,18-20,23,27-28H,4-12,15-17H2,1-3H3,(H,29,30)/t19-,20-,23-/m1/s1. The molecule has 4 nitrogen and oxygen atoms in total. The summed E-state index contributed by atoms with van der Waals surface area (Å²) in [5.74, 6) is -0.306. The maximum atomic E-state index is 11.6. The van der Waals surface area contributed by atoms with E-state index in [4.69, 9.17) is 5.11 Å². The highest BCUT2D eigenvalue weighted by Gasteiger charge is 2.36. The van der Waals surface area contributed by atoms with Gasteiger partial charge in [-0.1, -0.05) is 65.0 Å². The number of hydrogen-bond acceptors (Lipinski definition) is 3. The lowest BCUT2D eigenvalue weighted by Crippen LogP contribution is -2.28. The lowest BCUT2D eigenvalue weighted by molar-refractivity contribution is -0.143. The molecule has 0 spiro atoms. The Kier molecular flexibility index (Phi) is 9.67. The maximum absolute atomic E-state index is 11.6. The molecule has 4 heteroatoms. The van der Waals surface area contributed by atoms with E-state index >= 15 is 0 Å². The molecule has 3 atom stereocenters. The average molecular weight is 419 g/mol. The summed E-state index contributed by atoms with van der Waals surface area (Å²) in [6.45, 7) is 6.90. The van der Waals surface area contributed by atoms with E-state index < -0.39 is 5.97 Å². The molecule has 1 fully saturated rings. The highest BCUT2D eigenvalue weighted by atomic mass is 16.4. The van der Waals surface area contributed by atoms with Gasteiger partial charge in [-0.05, 0) is 73.0 Å². The van der Waals surface area contributed by atoms with Crippen molar-refractivity contribution >= 4 is 5.97 Å². The highest BCUT2D eigenvalue weighted by Crippen LogP contribution is 2.46. The molecule has 1 saturated carbocycles. The highest BCUT2D eigenvalue weighted by molar-refractivity contribution is 5.70. The first-order valence-electron chi connectivity index (χ1n) is 12.0. The van der Waals surface area contributed by atoms with Crippen molar-refractivity contribution in [3.63, 3.8) is 0 Å². The molecular formula is C26H42O4. The monoisotopic (exact) mass is 418 g/mol. The molecule has 0 heterocycles. The number of carboxylic acid groups (broad SMARTS) is 1. The molecule has 0 unspecified atom stereocenters. The number of carboxylic acids is 1. The van der Waals surface area contributed by atoms with E-state index in [0.717, 1.165) is 43.2 Å². The SMILES string of the molecule is CCCCCCC(C)(C)c1ccc([C@@H]2C[C@H](C(=O)O)CC[C@H]2CCCCO)c(O)c1. The first-order valence-corrected chi connectivity index (χ1v) is 12.0. The van der Waals surface area contributed by atoms with Gasteiger partial charge in [0.05, 0.1) is 5.92 Å². The molecule has 2 rings (SSSR count). The van der Waals surface area contributed by atoms with Gasteiger partial charge in [0.1, 0.15) is 5.75 Å². The number of benzene rings is 1. The van der Waals surface area contributed by atoms with E-state index in [0.29, 0.717) is 24.5 Å². The topological polar surface area (TPSA) is 77.8 Å². The number of phenols is 1. The van der Waals surface area contributed by atoms with Gasteiger partial charge < -0.3 is 15.3 Å². The Balaban J connectivity index is 2.18.